The zero-order chi connectivity index (χ0) is 23.5. The highest BCUT2D eigenvalue weighted by molar-refractivity contribution is 6.33. The maximum atomic E-state index is 10.8. The molecule has 1 aromatic carbocycles. The number of nitro groups is 1. The number of para-hydroxylation sites is 1. The maximum absolute atomic E-state index is 10.8. The van der Waals surface area contributed by atoms with E-state index in [0.29, 0.717) is 29.3 Å². The second-order valence-corrected chi connectivity index (χ2v) is 8.90. The van der Waals surface area contributed by atoms with Gasteiger partial charge in [0.05, 0.1) is 27.5 Å². The van der Waals surface area contributed by atoms with Gasteiger partial charge in [-0.05, 0) is 37.8 Å². The molecule has 34 heavy (non-hydrogen) atoms. The van der Waals surface area contributed by atoms with Crippen LogP contribution in [0, 0.1) is 10.1 Å². The van der Waals surface area contributed by atoms with E-state index in [4.69, 9.17) is 16.6 Å². The predicted molar refractivity (Wildman–Crippen MR) is 132 cm³/mol. The summed E-state index contributed by atoms with van der Waals surface area (Å²) in [5, 5.41) is 19.4. The van der Waals surface area contributed by atoms with Crippen LogP contribution in [0.25, 0.3) is 22.2 Å². The molecular weight excluding hydrogens is 454 g/mol. The van der Waals surface area contributed by atoms with Gasteiger partial charge in [-0.3, -0.25) is 15.1 Å². The Morgan fingerprint density at radius 1 is 1.12 bits per heavy atom. The van der Waals surface area contributed by atoms with E-state index in [9.17, 15) is 10.1 Å². The molecule has 1 fully saturated rings. The van der Waals surface area contributed by atoms with E-state index >= 15 is 0 Å². The van der Waals surface area contributed by atoms with Crippen molar-refractivity contribution in [3.05, 3.63) is 75.8 Å². The molecule has 1 saturated carbocycles. The molecule has 3 heterocycles. The maximum Gasteiger partial charge on any atom is 0.287 e. The minimum Gasteiger partial charge on any atom is -0.360 e. The summed E-state index contributed by atoms with van der Waals surface area (Å²) >= 11 is 6.46. The second-order valence-electron chi connectivity index (χ2n) is 8.49. The molecule has 5 rings (SSSR count). The smallest absolute Gasteiger partial charge is 0.287 e. The number of nitrogens with zero attached hydrogens (tertiary/aromatic N) is 4. The van der Waals surface area contributed by atoms with Crippen molar-refractivity contribution in [2.24, 2.45) is 0 Å². The van der Waals surface area contributed by atoms with Crippen molar-refractivity contribution in [3.8, 4) is 11.3 Å². The molecule has 1 aliphatic rings. The number of aromatic amines is 1. The average Bonchev–Trinajstić information content (AvgIpc) is 3.28. The Balaban J connectivity index is 1.24. The summed E-state index contributed by atoms with van der Waals surface area (Å²) in [7, 11) is 0. The zero-order valence-electron chi connectivity index (χ0n) is 18.4. The lowest BCUT2D eigenvalue weighted by Crippen LogP contribution is -2.39. The SMILES string of the molecule is O=[N+]([O-])c1ccc(CN[C@H]2CCC[C@@H](Nc3ncc(Cl)c(-c4c[nH]c5ccccc45)n3)C2)nc1. The average molecular weight is 478 g/mol. The van der Waals surface area contributed by atoms with Gasteiger partial charge in [0.25, 0.3) is 5.69 Å². The van der Waals surface area contributed by atoms with E-state index in [1.54, 1.807) is 12.3 Å². The summed E-state index contributed by atoms with van der Waals surface area (Å²) in [5.74, 6) is 0.562. The lowest BCUT2D eigenvalue weighted by Gasteiger charge is -2.30. The van der Waals surface area contributed by atoms with Gasteiger partial charge < -0.3 is 15.6 Å². The Morgan fingerprint density at radius 2 is 1.97 bits per heavy atom. The molecule has 0 spiro atoms. The van der Waals surface area contributed by atoms with Crippen LogP contribution in [0.15, 0.2) is 55.0 Å². The number of nitrogens with one attached hydrogen (secondary N) is 3. The standard InChI is InChI=1S/C24H24ClN7O2/c25-21-14-29-24(31-23(21)20-13-28-22-7-2-1-6-19(20)22)30-16-5-3-4-15(10-16)26-11-17-8-9-18(12-27-17)32(33)34/h1-2,6-9,12-16,26,28H,3-5,10-11H2,(H,29,30,31)/t15-,16+/m0/s1. The zero-order valence-corrected chi connectivity index (χ0v) is 19.1. The van der Waals surface area contributed by atoms with Crippen LogP contribution in [-0.2, 0) is 6.54 Å². The van der Waals surface area contributed by atoms with Crippen molar-refractivity contribution < 1.29 is 4.92 Å². The summed E-state index contributed by atoms with van der Waals surface area (Å²) in [5.41, 5.74) is 3.47. The van der Waals surface area contributed by atoms with Gasteiger partial charge in [0.15, 0.2) is 0 Å². The van der Waals surface area contributed by atoms with Gasteiger partial charge >= 0.3 is 0 Å². The topological polar surface area (TPSA) is 122 Å². The summed E-state index contributed by atoms with van der Waals surface area (Å²) < 4.78 is 0. The minimum absolute atomic E-state index is 0.000603. The number of benzene rings is 1. The van der Waals surface area contributed by atoms with Crippen LogP contribution in [0.2, 0.25) is 5.02 Å². The van der Waals surface area contributed by atoms with E-state index in [1.807, 2.05) is 30.5 Å². The fourth-order valence-electron chi connectivity index (χ4n) is 4.46. The fraction of sp³-hybridized carbons (Fsp3) is 0.292. The number of hydrogen-bond donors (Lipinski definition) is 3. The molecule has 4 aromatic rings. The summed E-state index contributed by atoms with van der Waals surface area (Å²) in [6, 6.07) is 11.8. The molecule has 3 aromatic heterocycles. The third kappa shape index (κ3) is 4.85. The number of hydrogen-bond acceptors (Lipinski definition) is 7. The lowest BCUT2D eigenvalue weighted by molar-refractivity contribution is -0.385. The van der Waals surface area contributed by atoms with Crippen LogP contribution in [0.4, 0.5) is 11.6 Å². The van der Waals surface area contributed by atoms with Crippen LogP contribution < -0.4 is 10.6 Å². The van der Waals surface area contributed by atoms with Crippen molar-refractivity contribution >= 4 is 34.1 Å². The summed E-state index contributed by atoms with van der Waals surface area (Å²) in [4.78, 5) is 27.0. The number of aromatic nitrogens is 4. The third-order valence-electron chi connectivity index (χ3n) is 6.19. The van der Waals surface area contributed by atoms with Gasteiger partial charge in [0, 0.05) is 47.4 Å². The minimum atomic E-state index is -0.440. The molecule has 10 heteroatoms. The molecule has 0 bridgehead atoms. The lowest BCUT2D eigenvalue weighted by atomic mass is 9.91. The first-order valence-electron chi connectivity index (χ1n) is 11.2. The molecule has 2 atom stereocenters. The van der Waals surface area contributed by atoms with E-state index in [-0.39, 0.29) is 11.7 Å². The molecule has 0 amide bonds. The molecule has 0 radical (unpaired) electrons. The van der Waals surface area contributed by atoms with Gasteiger partial charge in [0.2, 0.25) is 5.95 Å². The first-order valence-corrected chi connectivity index (χ1v) is 11.6. The van der Waals surface area contributed by atoms with Crippen LogP contribution in [0.5, 0.6) is 0 Å². The molecule has 174 valence electrons. The van der Waals surface area contributed by atoms with Crippen LogP contribution >= 0.6 is 11.6 Å². The fourth-order valence-corrected chi connectivity index (χ4v) is 4.65. The first kappa shape index (κ1) is 22.2. The number of pyridine rings is 1. The summed E-state index contributed by atoms with van der Waals surface area (Å²) in [6.07, 6.45) is 8.95. The van der Waals surface area contributed by atoms with Crippen LogP contribution in [0.1, 0.15) is 31.4 Å². The molecule has 0 unspecified atom stereocenters. The molecule has 3 N–H and O–H groups in total. The van der Waals surface area contributed by atoms with Crippen molar-refractivity contribution in [3.63, 3.8) is 0 Å². The number of H-pyrrole nitrogens is 1. The monoisotopic (exact) mass is 477 g/mol. The van der Waals surface area contributed by atoms with Gasteiger partial charge in [-0.15, -0.1) is 0 Å². The van der Waals surface area contributed by atoms with Gasteiger partial charge in [-0.1, -0.05) is 29.8 Å². The molecule has 0 saturated heterocycles. The Morgan fingerprint density at radius 3 is 2.79 bits per heavy atom. The second kappa shape index (κ2) is 9.74. The molecular formula is C24H24ClN7O2. The highest BCUT2D eigenvalue weighted by Crippen LogP contribution is 2.32. The molecule has 9 nitrogen and oxygen atoms in total. The Labute approximate surface area is 201 Å². The first-order chi connectivity index (χ1) is 16.6. The number of rotatable bonds is 7. The van der Waals surface area contributed by atoms with Crippen molar-refractivity contribution in [2.75, 3.05) is 5.32 Å². The quantitative estimate of drug-likeness (QED) is 0.250. The molecule has 1 aliphatic carbocycles. The van der Waals surface area contributed by atoms with E-state index < -0.39 is 4.92 Å². The van der Waals surface area contributed by atoms with E-state index in [1.165, 1.54) is 12.3 Å². The number of fused-ring (bicyclic) bond motifs is 1. The number of halogens is 1. The number of anilines is 1. The largest absolute Gasteiger partial charge is 0.360 e. The van der Waals surface area contributed by atoms with Gasteiger partial charge in [-0.2, -0.15) is 0 Å². The van der Waals surface area contributed by atoms with E-state index in [2.05, 4.69) is 25.6 Å². The summed E-state index contributed by atoms with van der Waals surface area (Å²) in [6.45, 7) is 0.567. The van der Waals surface area contributed by atoms with Crippen LogP contribution in [0.3, 0.4) is 0 Å². The Hall–Kier alpha value is -3.56. The van der Waals surface area contributed by atoms with Crippen molar-refractivity contribution in [1.29, 1.82) is 0 Å². The van der Waals surface area contributed by atoms with Crippen molar-refractivity contribution in [2.45, 2.75) is 44.3 Å². The molecule has 0 aliphatic heterocycles. The van der Waals surface area contributed by atoms with Crippen LogP contribution in [-0.4, -0.2) is 36.9 Å². The highest BCUT2D eigenvalue weighted by Gasteiger charge is 2.23. The highest BCUT2D eigenvalue weighted by atomic mass is 35.5. The third-order valence-corrected chi connectivity index (χ3v) is 6.46. The Bertz CT molecular complexity index is 1310. The van der Waals surface area contributed by atoms with E-state index in [0.717, 1.165) is 47.8 Å². The normalized spacial score (nSPS) is 18.1. The predicted octanol–water partition coefficient (Wildman–Crippen LogP) is 5.09. The Kier molecular flexibility index (Phi) is 6.37. The van der Waals surface area contributed by atoms with Gasteiger partial charge in [0.1, 0.15) is 6.20 Å². The van der Waals surface area contributed by atoms with Gasteiger partial charge in [-0.25, -0.2) is 9.97 Å². The van der Waals surface area contributed by atoms with Crippen molar-refractivity contribution in [1.82, 2.24) is 25.3 Å².